The largest absolute Gasteiger partial charge is 0.507 e. The molecule has 2 aromatic carbocycles. The van der Waals surface area contributed by atoms with Crippen molar-refractivity contribution in [3.05, 3.63) is 70.8 Å². The lowest BCUT2D eigenvalue weighted by atomic mass is 10.00. The summed E-state index contributed by atoms with van der Waals surface area (Å²) in [4.78, 5) is 28.6. The van der Waals surface area contributed by atoms with Crippen molar-refractivity contribution in [1.29, 1.82) is 0 Å². The normalized spacial score (nSPS) is 16.7. The van der Waals surface area contributed by atoms with Crippen molar-refractivity contribution in [2.24, 2.45) is 0 Å². The first-order chi connectivity index (χ1) is 17.5. The summed E-state index contributed by atoms with van der Waals surface area (Å²) in [6, 6.07) is 10.9. The fourth-order valence-corrected chi connectivity index (χ4v) is 4.84. The Labute approximate surface area is 213 Å². The van der Waals surface area contributed by atoms with Gasteiger partial charge in [-0.3, -0.25) is 9.59 Å². The van der Waals surface area contributed by atoms with Gasteiger partial charge in [0, 0.05) is 49.5 Å². The number of aryl methyl sites for hydroxylation is 2. The number of likely N-dealkylation sites (tertiary alicyclic amines) is 2. The van der Waals surface area contributed by atoms with E-state index in [0.29, 0.717) is 11.1 Å². The van der Waals surface area contributed by atoms with Crippen molar-refractivity contribution in [3.8, 4) is 11.5 Å². The molecule has 2 aliphatic heterocycles. The first-order valence-electron chi connectivity index (χ1n) is 13.1. The third kappa shape index (κ3) is 7.00. The quantitative estimate of drug-likeness (QED) is 0.542. The monoisotopic (exact) mass is 488 g/mol. The molecule has 2 saturated heterocycles. The molecule has 2 aromatic rings. The van der Waals surface area contributed by atoms with Crippen LogP contribution in [0.25, 0.3) is 12.2 Å². The highest BCUT2D eigenvalue weighted by Crippen LogP contribution is 2.24. The van der Waals surface area contributed by atoms with E-state index < -0.39 is 0 Å². The Kier molecular flexibility index (Phi) is 8.82. The Balaban J connectivity index is 1.37. The van der Waals surface area contributed by atoms with Crippen molar-refractivity contribution >= 4 is 24.0 Å². The number of nitrogens with zero attached hydrogens (tertiary/aromatic N) is 2. The van der Waals surface area contributed by atoms with E-state index in [1.54, 1.807) is 36.4 Å². The fraction of sp³-hybridized carbons (Fsp3) is 0.400. The predicted molar refractivity (Wildman–Crippen MR) is 143 cm³/mol. The number of phenols is 2. The van der Waals surface area contributed by atoms with Gasteiger partial charge in [0.1, 0.15) is 11.5 Å². The van der Waals surface area contributed by atoms with Crippen LogP contribution in [0.1, 0.15) is 60.8 Å². The van der Waals surface area contributed by atoms with E-state index in [-0.39, 0.29) is 23.3 Å². The average Bonchev–Trinajstić information content (AvgIpc) is 2.92. The minimum Gasteiger partial charge on any atom is -0.507 e. The zero-order valence-electron chi connectivity index (χ0n) is 20.9. The van der Waals surface area contributed by atoms with E-state index in [4.69, 9.17) is 0 Å². The highest BCUT2D eigenvalue weighted by Gasteiger charge is 2.15. The molecule has 0 aliphatic carbocycles. The Bertz CT molecular complexity index is 1040. The Morgan fingerprint density at radius 1 is 0.639 bits per heavy atom. The van der Waals surface area contributed by atoms with Gasteiger partial charge < -0.3 is 20.0 Å². The van der Waals surface area contributed by atoms with Crippen LogP contribution in [0.2, 0.25) is 0 Å². The van der Waals surface area contributed by atoms with Crippen LogP contribution < -0.4 is 0 Å². The molecule has 0 radical (unpaired) electrons. The molecule has 190 valence electrons. The lowest BCUT2D eigenvalue weighted by Gasteiger charge is -2.25. The van der Waals surface area contributed by atoms with Gasteiger partial charge in [-0.1, -0.05) is 12.1 Å². The number of hydrogen-bond acceptors (Lipinski definition) is 4. The molecule has 2 amide bonds. The number of hydrogen-bond donors (Lipinski definition) is 2. The van der Waals surface area contributed by atoms with Crippen molar-refractivity contribution in [2.45, 2.75) is 51.4 Å². The number of aromatic hydroxyl groups is 2. The van der Waals surface area contributed by atoms with E-state index in [1.165, 1.54) is 12.8 Å². The van der Waals surface area contributed by atoms with E-state index in [2.05, 4.69) is 0 Å². The molecule has 6 nitrogen and oxygen atoms in total. The van der Waals surface area contributed by atoms with Crippen LogP contribution in [-0.4, -0.2) is 58.0 Å². The molecule has 0 atom stereocenters. The summed E-state index contributed by atoms with van der Waals surface area (Å²) < 4.78 is 0. The van der Waals surface area contributed by atoms with Gasteiger partial charge in [-0.2, -0.15) is 0 Å². The van der Waals surface area contributed by atoms with Crippen LogP contribution in [0, 0.1) is 0 Å². The first-order valence-corrected chi connectivity index (χ1v) is 13.1. The van der Waals surface area contributed by atoms with E-state index in [9.17, 15) is 19.8 Å². The van der Waals surface area contributed by atoms with Gasteiger partial charge in [-0.05, 0) is 98.9 Å². The smallest absolute Gasteiger partial charge is 0.246 e. The van der Waals surface area contributed by atoms with Gasteiger partial charge in [0.15, 0.2) is 0 Å². The van der Waals surface area contributed by atoms with Crippen molar-refractivity contribution < 1.29 is 19.8 Å². The molecule has 0 aromatic heterocycles. The number of phenolic OH excluding ortho intramolecular Hbond substituents is 2. The Morgan fingerprint density at radius 3 is 1.42 bits per heavy atom. The number of amides is 2. The summed E-state index contributed by atoms with van der Waals surface area (Å²) in [7, 11) is 0. The van der Waals surface area contributed by atoms with Gasteiger partial charge >= 0.3 is 0 Å². The molecule has 0 spiro atoms. The summed E-state index contributed by atoms with van der Waals surface area (Å²) in [6.45, 7) is 3.19. The number of rotatable bonds is 7. The van der Waals surface area contributed by atoms with Crippen molar-refractivity contribution in [3.63, 3.8) is 0 Å². The first kappa shape index (κ1) is 25.5. The van der Waals surface area contributed by atoms with Crippen molar-refractivity contribution in [2.75, 3.05) is 26.2 Å². The van der Waals surface area contributed by atoms with Crippen molar-refractivity contribution in [1.82, 2.24) is 9.80 Å². The molecule has 0 saturated carbocycles. The molecule has 2 fully saturated rings. The molecule has 6 heteroatoms. The van der Waals surface area contributed by atoms with Gasteiger partial charge in [-0.15, -0.1) is 0 Å². The molecule has 2 N–H and O–H groups in total. The summed E-state index contributed by atoms with van der Waals surface area (Å²) >= 11 is 0. The Morgan fingerprint density at radius 2 is 1.03 bits per heavy atom. The molecule has 36 heavy (non-hydrogen) atoms. The lowest BCUT2D eigenvalue weighted by molar-refractivity contribution is -0.127. The van der Waals surface area contributed by atoms with E-state index in [1.807, 2.05) is 34.1 Å². The summed E-state index contributed by atoms with van der Waals surface area (Å²) in [5.74, 6) is 0.277. The molecule has 2 heterocycles. The molecule has 2 aliphatic rings. The fourth-order valence-electron chi connectivity index (χ4n) is 4.84. The second-order valence-corrected chi connectivity index (χ2v) is 9.72. The minimum atomic E-state index is -0.0112. The minimum absolute atomic E-state index is 0.0112. The van der Waals surface area contributed by atoms with Crippen LogP contribution in [0.15, 0.2) is 48.6 Å². The SMILES string of the molecule is O=C(/C=C/c1cc(CCc2ccc(O)c(/C=C/C(=O)N3CCCCC3)c2)ccc1O)N1CCCCC1. The van der Waals surface area contributed by atoms with Crippen LogP contribution in [0.5, 0.6) is 11.5 Å². The highest BCUT2D eigenvalue weighted by molar-refractivity contribution is 5.92. The second kappa shape index (κ2) is 12.4. The zero-order chi connectivity index (χ0) is 25.3. The average molecular weight is 489 g/mol. The Hall–Kier alpha value is -3.54. The topological polar surface area (TPSA) is 81.1 Å². The van der Waals surface area contributed by atoms with Crippen LogP contribution >= 0.6 is 0 Å². The molecule has 0 bridgehead atoms. The standard InChI is InChI=1S/C30H36N2O4/c33-27-13-9-23(21-25(27)11-15-29(35)31-17-3-1-4-18-31)7-8-24-10-14-28(34)26(22-24)12-16-30(36)32-19-5-2-6-20-32/h9-16,21-22,33-34H,1-8,17-20H2/b15-11+,16-12+. The maximum absolute atomic E-state index is 12.4. The maximum atomic E-state index is 12.4. The lowest BCUT2D eigenvalue weighted by Crippen LogP contribution is -2.34. The molecular weight excluding hydrogens is 452 g/mol. The third-order valence-corrected chi connectivity index (χ3v) is 7.03. The van der Waals surface area contributed by atoms with E-state index in [0.717, 1.165) is 75.8 Å². The second-order valence-electron chi connectivity index (χ2n) is 9.72. The highest BCUT2D eigenvalue weighted by atomic mass is 16.3. The van der Waals surface area contributed by atoms with Crippen LogP contribution in [0.4, 0.5) is 0 Å². The van der Waals surface area contributed by atoms with Crippen LogP contribution in [0.3, 0.4) is 0 Å². The molecule has 4 rings (SSSR count). The van der Waals surface area contributed by atoms with Crippen LogP contribution in [-0.2, 0) is 22.4 Å². The number of piperidine rings is 2. The third-order valence-electron chi connectivity index (χ3n) is 7.03. The van der Waals surface area contributed by atoms with E-state index >= 15 is 0 Å². The summed E-state index contributed by atoms with van der Waals surface area (Å²) in [5, 5.41) is 20.5. The number of carbonyl (C=O) groups excluding carboxylic acids is 2. The molecule has 0 unspecified atom stereocenters. The van der Waals surface area contributed by atoms with Gasteiger partial charge in [-0.25, -0.2) is 0 Å². The maximum Gasteiger partial charge on any atom is 0.246 e. The van der Waals surface area contributed by atoms with Gasteiger partial charge in [0.05, 0.1) is 0 Å². The summed E-state index contributed by atoms with van der Waals surface area (Å²) in [5.41, 5.74) is 3.35. The van der Waals surface area contributed by atoms with Gasteiger partial charge in [0.2, 0.25) is 11.8 Å². The van der Waals surface area contributed by atoms with Gasteiger partial charge in [0.25, 0.3) is 0 Å². The number of benzene rings is 2. The zero-order valence-corrected chi connectivity index (χ0v) is 20.9. The number of carbonyl (C=O) groups is 2. The predicted octanol–water partition coefficient (Wildman–Crippen LogP) is 4.93. The summed E-state index contributed by atoms with van der Waals surface area (Å²) in [6.07, 6.45) is 14.5. The molecular formula is C30H36N2O4.